The molecule has 3 rings (SSSR count). The Kier molecular flexibility index (Phi) is 4.33. The van der Waals surface area contributed by atoms with Gasteiger partial charge in [0.25, 0.3) is 0 Å². The highest BCUT2D eigenvalue weighted by atomic mass is 35.5. The number of anilines is 2. The lowest BCUT2D eigenvalue weighted by atomic mass is 10.2. The number of hydrogen-bond acceptors (Lipinski definition) is 5. The maximum atomic E-state index is 8.93. The Morgan fingerprint density at radius 1 is 1.13 bits per heavy atom. The molecule has 0 aliphatic carbocycles. The van der Waals surface area contributed by atoms with Crippen molar-refractivity contribution in [1.82, 2.24) is 14.9 Å². The molecular formula is C15H10Cl2N6. The fraction of sp³-hybridized carbons (Fsp3) is 0. The number of rotatable bonds is 4. The van der Waals surface area contributed by atoms with E-state index in [1.165, 1.54) is 17.4 Å². The van der Waals surface area contributed by atoms with E-state index in [-0.39, 0.29) is 0 Å². The Morgan fingerprint density at radius 3 is 2.52 bits per heavy atom. The third-order valence-electron chi connectivity index (χ3n) is 3.03. The Labute approximate surface area is 142 Å². The number of nitriles is 1. The standard InChI is InChI=1S/C15H10Cl2N6/c16-12-3-6-15(14(17)7-12)23(21-22-10-19-9-20-22)13-4-1-11(8-18)2-5-13/h1-7,9-10,21H. The molecule has 8 heteroatoms. The minimum absolute atomic E-state index is 0.467. The molecule has 0 saturated carbocycles. The summed E-state index contributed by atoms with van der Waals surface area (Å²) in [5.74, 6) is 0. The maximum Gasteiger partial charge on any atom is 0.139 e. The van der Waals surface area contributed by atoms with Crippen LogP contribution in [0.25, 0.3) is 0 Å². The first-order chi connectivity index (χ1) is 11.2. The summed E-state index contributed by atoms with van der Waals surface area (Å²) in [5, 5.41) is 15.7. The topological polar surface area (TPSA) is 69.8 Å². The second-order valence-corrected chi connectivity index (χ2v) is 5.37. The first-order valence-corrected chi connectivity index (χ1v) is 7.29. The lowest BCUT2D eigenvalue weighted by molar-refractivity contribution is 0.736. The molecule has 0 atom stereocenters. The fourth-order valence-corrected chi connectivity index (χ4v) is 2.45. The summed E-state index contributed by atoms with van der Waals surface area (Å²) in [6.45, 7) is 0. The van der Waals surface area contributed by atoms with E-state index in [1.54, 1.807) is 47.5 Å². The normalized spacial score (nSPS) is 10.1. The number of hydrogen-bond donors (Lipinski definition) is 1. The van der Waals surface area contributed by atoms with Gasteiger partial charge in [0.15, 0.2) is 0 Å². The first-order valence-electron chi connectivity index (χ1n) is 6.54. The fourth-order valence-electron chi connectivity index (χ4n) is 1.96. The molecule has 0 amide bonds. The van der Waals surface area contributed by atoms with Crippen LogP contribution in [0.1, 0.15) is 5.56 Å². The van der Waals surface area contributed by atoms with Gasteiger partial charge >= 0.3 is 0 Å². The zero-order valence-corrected chi connectivity index (χ0v) is 13.2. The Hall–Kier alpha value is -2.75. The van der Waals surface area contributed by atoms with Crippen LogP contribution in [0.5, 0.6) is 0 Å². The largest absolute Gasteiger partial charge is 0.239 e. The van der Waals surface area contributed by atoms with Gasteiger partial charge in [-0.2, -0.15) is 5.26 Å². The van der Waals surface area contributed by atoms with Crippen molar-refractivity contribution in [3.63, 3.8) is 0 Å². The molecular weight excluding hydrogens is 335 g/mol. The van der Waals surface area contributed by atoms with E-state index < -0.39 is 0 Å². The Morgan fingerprint density at radius 2 is 1.91 bits per heavy atom. The van der Waals surface area contributed by atoms with E-state index in [9.17, 15) is 0 Å². The number of hydrazine groups is 1. The van der Waals surface area contributed by atoms with Crippen molar-refractivity contribution in [2.45, 2.75) is 0 Å². The Balaban J connectivity index is 2.03. The van der Waals surface area contributed by atoms with Crippen molar-refractivity contribution in [2.75, 3.05) is 10.5 Å². The lowest BCUT2D eigenvalue weighted by Crippen LogP contribution is -2.32. The van der Waals surface area contributed by atoms with Crippen LogP contribution in [-0.2, 0) is 0 Å². The van der Waals surface area contributed by atoms with Gasteiger partial charge in [-0.15, -0.1) is 9.89 Å². The van der Waals surface area contributed by atoms with Gasteiger partial charge in [0.1, 0.15) is 12.7 Å². The van der Waals surface area contributed by atoms with Gasteiger partial charge in [-0.3, -0.25) is 0 Å². The van der Waals surface area contributed by atoms with Crippen LogP contribution < -0.4 is 10.5 Å². The number of benzene rings is 2. The predicted octanol–water partition coefficient (Wildman–Crippen LogP) is 3.75. The first kappa shape index (κ1) is 15.2. The molecule has 0 aliphatic rings. The molecule has 0 unspecified atom stereocenters. The van der Waals surface area contributed by atoms with Crippen LogP contribution in [-0.4, -0.2) is 14.9 Å². The van der Waals surface area contributed by atoms with E-state index in [1.807, 2.05) is 0 Å². The molecule has 1 heterocycles. The zero-order valence-electron chi connectivity index (χ0n) is 11.7. The average Bonchev–Trinajstić information content (AvgIpc) is 3.07. The van der Waals surface area contributed by atoms with Crippen LogP contribution in [0.3, 0.4) is 0 Å². The van der Waals surface area contributed by atoms with E-state index in [2.05, 4.69) is 21.7 Å². The second-order valence-electron chi connectivity index (χ2n) is 4.53. The number of halogens is 2. The van der Waals surface area contributed by atoms with Crippen LogP contribution in [0, 0.1) is 11.3 Å². The molecule has 2 aromatic carbocycles. The summed E-state index contributed by atoms with van der Waals surface area (Å²) in [5.41, 5.74) is 5.07. The van der Waals surface area contributed by atoms with E-state index in [4.69, 9.17) is 28.5 Å². The van der Waals surface area contributed by atoms with Gasteiger partial charge < -0.3 is 0 Å². The highest BCUT2D eigenvalue weighted by molar-refractivity contribution is 6.36. The molecule has 1 N–H and O–H groups in total. The molecule has 114 valence electrons. The average molecular weight is 345 g/mol. The van der Waals surface area contributed by atoms with Crippen molar-refractivity contribution in [3.8, 4) is 6.07 Å². The van der Waals surface area contributed by atoms with Crippen LogP contribution in [0.15, 0.2) is 55.1 Å². The minimum Gasteiger partial charge on any atom is -0.239 e. The third-order valence-corrected chi connectivity index (χ3v) is 3.56. The zero-order chi connectivity index (χ0) is 16.2. The number of nitrogens with one attached hydrogen (secondary N) is 1. The van der Waals surface area contributed by atoms with Crippen LogP contribution in [0.4, 0.5) is 11.4 Å². The van der Waals surface area contributed by atoms with Gasteiger partial charge in [-0.25, -0.2) is 15.5 Å². The van der Waals surface area contributed by atoms with Crippen LogP contribution in [0.2, 0.25) is 10.0 Å². The summed E-state index contributed by atoms with van der Waals surface area (Å²) >= 11 is 12.3. The quantitative estimate of drug-likeness (QED) is 0.729. The summed E-state index contributed by atoms with van der Waals surface area (Å²) in [6.07, 6.45) is 2.92. The Bertz CT molecular complexity index is 839. The third kappa shape index (κ3) is 3.37. The second kappa shape index (κ2) is 6.57. The summed E-state index contributed by atoms with van der Waals surface area (Å²) in [4.78, 5) is 5.33. The van der Waals surface area contributed by atoms with Crippen molar-refractivity contribution < 1.29 is 0 Å². The molecule has 0 spiro atoms. The maximum absolute atomic E-state index is 8.93. The summed E-state index contributed by atoms with van der Waals surface area (Å²) in [6, 6.07) is 14.3. The summed E-state index contributed by atoms with van der Waals surface area (Å²) in [7, 11) is 0. The smallest absolute Gasteiger partial charge is 0.139 e. The monoisotopic (exact) mass is 344 g/mol. The molecule has 0 aliphatic heterocycles. The highest BCUT2D eigenvalue weighted by Gasteiger charge is 2.14. The predicted molar refractivity (Wildman–Crippen MR) is 89.1 cm³/mol. The van der Waals surface area contributed by atoms with Crippen LogP contribution >= 0.6 is 23.2 Å². The van der Waals surface area contributed by atoms with E-state index >= 15 is 0 Å². The number of aromatic nitrogens is 3. The van der Waals surface area contributed by atoms with Crippen molar-refractivity contribution in [2.24, 2.45) is 0 Å². The molecule has 0 bridgehead atoms. The SMILES string of the molecule is N#Cc1ccc(N(Nn2cncn2)c2ccc(Cl)cc2Cl)cc1. The number of nitrogens with zero attached hydrogens (tertiary/aromatic N) is 5. The van der Waals surface area contributed by atoms with Crippen molar-refractivity contribution in [1.29, 1.82) is 5.26 Å². The molecule has 0 saturated heterocycles. The van der Waals surface area contributed by atoms with Gasteiger partial charge in [0.2, 0.25) is 0 Å². The molecule has 0 fully saturated rings. The highest BCUT2D eigenvalue weighted by Crippen LogP contribution is 2.32. The van der Waals surface area contributed by atoms with Gasteiger partial charge in [0, 0.05) is 5.02 Å². The molecule has 3 aromatic rings. The van der Waals surface area contributed by atoms with Gasteiger partial charge in [-0.05, 0) is 42.5 Å². The summed E-state index contributed by atoms with van der Waals surface area (Å²) < 4.78 is 0. The van der Waals surface area contributed by atoms with Crippen molar-refractivity contribution in [3.05, 3.63) is 70.7 Å². The van der Waals surface area contributed by atoms with Crippen molar-refractivity contribution >= 4 is 34.6 Å². The molecule has 1 aromatic heterocycles. The minimum atomic E-state index is 0.467. The molecule has 0 radical (unpaired) electrons. The van der Waals surface area contributed by atoms with E-state index in [0.29, 0.717) is 21.3 Å². The van der Waals surface area contributed by atoms with Gasteiger partial charge in [-0.1, -0.05) is 23.2 Å². The van der Waals surface area contributed by atoms with E-state index in [0.717, 1.165) is 5.69 Å². The van der Waals surface area contributed by atoms with Gasteiger partial charge in [0.05, 0.1) is 28.0 Å². The molecule has 23 heavy (non-hydrogen) atoms. The lowest BCUT2D eigenvalue weighted by Gasteiger charge is -2.26. The molecule has 6 nitrogen and oxygen atoms in total.